The Kier molecular flexibility index (Phi) is 1.99. The summed E-state index contributed by atoms with van der Waals surface area (Å²) in [4.78, 5) is 12.0. The van der Waals surface area contributed by atoms with Gasteiger partial charge in [0, 0.05) is 12.3 Å². The van der Waals surface area contributed by atoms with Gasteiger partial charge < -0.3 is 0 Å². The number of carbonyl (C=O) groups excluding carboxylic acids is 1. The molecule has 0 aromatic heterocycles. The standard InChI is InChI=1S/C14H24O/c1-12(2)8-7-9(15)10-11(12)14(5,6)13(10,3)4/h10-11H,7-8H2,1-6H3. The molecule has 0 spiro atoms. The van der Waals surface area contributed by atoms with Crippen molar-refractivity contribution in [2.75, 3.05) is 0 Å². The van der Waals surface area contributed by atoms with E-state index in [0.717, 1.165) is 12.8 Å². The normalized spacial score (nSPS) is 40.5. The van der Waals surface area contributed by atoms with Crippen LogP contribution in [-0.4, -0.2) is 5.78 Å². The summed E-state index contributed by atoms with van der Waals surface area (Å²) < 4.78 is 0. The molecule has 1 heteroatoms. The van der Waals surface area contributed by atoms with E-state index in [1.54, 1.807) is 0 Å². The fourth-order valence-electron chi connectivity index (χ4n) is 4.31. The van der Waals surface area contributed by atoms with E-state index < -0.39 is 0 Å². The van der Waals surface area contributed by atoms with Gasteiger partial charge in [-0.2, -0.15) is 0 Å². The second kappa shape index (κ2) is 2.67. The zero-order valence-electron chi connectivity index (χ0n) is 11.0. The van der Waals surface area contributed by atoms with Gasteiger partial charge in [-0.1, -0.05) is 41.5 Å². The Hall–Kier alpha value is -0.330. The molecule has 0 aliphatic heterocycles. The van der Waals surface area contributed by atoms with Gasteiger partial charge in [0.05, 0.1) is 0 Å². The predicted molar refractivity (Wildman–Crippen MR) is 62.6 cm³/mol. The van der Waals surface area contributed by atoms with Gasteiger partial charge in [0.1, 0.15) is 5.78 Å². The Morgan fingerprint density at radius 2 is 1.53 bits per heavy atom. The minimum Gasteiger partial charge on any atom is -0.299 e. The molecule has 2 aliphatic rings. The molecule has 2 atom stereocenters. The third-order valence-corrected chi connectivity index (χ3v) is 5.75. The summed E-state index contributed by atoms with van der Waals surface area (Å²) >= 11 is 0. The van der Waals surface area contributed by atoms with Gasteiger partial charge in [0.2, 0.25) is 0 Å². The van der Waals surface area contributed by atoms with Crippen LogP contribution in [0.3, 0.4) is 0 Å². The van der Waals surface area contributed by atoms with Crippen LogP contribution in [0.1, 0.15) is 54.4 Å². The number of ketones is 1. The number of hydrogen-bond acceptors (Lipinski definition) is 1. The summed E-state index contributed by atoms with van der Waals surface area (Å²) in [7, 11) is 0. The van der Waals surface area contributed by atoms with Gasteiger partial charge in [-0.15, -0.1) is 0 Å². The Bertz CT molecular complexity index is 309. The van der Waals surface area contributed by atoms with Crippen LogP contribution in [0, 0.1) is 28.1 Å². The summed E-state index contributed by atoms with van der Waals surface area (Å²) in [5.74, 6) is 1.42. The van der Waals surface area contributed by atoms with Crippen LogP contribution in [0.5, 0.6) is 0 Å². The quantitative estimate of drug-likeness (QED) is 0.593. The van der Waals surface area contributed by atoms with Crippen LogP contribution in [-0.2, 0) is 4.79 Å². The molecule has 15 heavy (non-hydrogen) atoms. The molecule has 0 bridgehead atoms. The van der Waals surface area contributed by atoms with Gasteiger partial charge >= 0.3 is 0 Å². The molecule has 0 saturated heterocycles. The molecule has 0 N–H and O–H groups in total. The third-order valence-electron chi connectivity index (χ3n) is 5.75. The van der Waals surface area contributed by atoms with Gasteiger partial charge in [-0.25, -0.2) is 0 Å². The average molecular weight is 208 g/mol. The summed E-state index contributed by atoms with van der Waals surface area (Å²) in [6.07, 6.45) is 1.88. The van der Waals surface area contributed by atoms with Crippen molar-refractivity contribution in [3.8, 4) is 0 Å². The van der Waals surface area contributed by atoms with Crippen molar-refractivity contribution in [1.82, 2.24) is 0 Å². The predicted octanol–water partition coefficient (Wildman–Crippen LogP) is 3.67. The molecular formula is C14H24O. The van der Waals surface area contributed by atoms with Gasteiger partial charge in [0.15, 0.2) is 0 Å². The van der Waals surface area contributed by atoms with Crippen molar-refractivity contribution in [3.05, 3.63) is 0 Å². The molecular weight excluding hydrogens is 184 g/mol. The lowest BCUT2D eigenvalue weighted by molar-refractivity contribution is -0.224. The third kappa shape index (κ3) is 1.13. The fraction of sp³-hybridized carbons (Fsp3) is 0.929. The van der Waals surface area contributed by atoms with E-state index >= 15 is 0 Å². The molecule has 86 valence electrons. The van der Waals surface area contributed by atoms with Crippen molar-refractivity contribution < 1.29 is 4.79 Å². The Morgan fingerprint density at radius 1 is 1.00 bits per heavy atom. The van der Waals surface area contributed by atoms with Crippen LogP contribution >= 0.6 is 0 Å². The largest absolute Gasteiger partial charge is 0.299 e. The first-order valence-corrected chi connectivity index (χ1v) is 6.15. The molecule has 2 unspecified atom stereocenters. The second-order valence-corrected chi connectivity index (χ2v) is 7.35. The van der Waals surface area contributed by atoms with Crippen LogP contribution in [0.25, 0.3) is 0 Å². The average Bonchev–Trinajstić information content (AvgIpc) is 2.08. The summed E-state index contributed by atoms with van der Waals surface area (Å²) in [5, 5.41) is 0. The highest BCUT2D eigenvalue weighted by Gasteiger charge is 2.68. The van der Waals surface area contributed by atoms with Crippen LogP contribution in [0.15, 0.2) is 0 Å². The number of carbonyl (C=O) groups is 1. The zero-order valence-corrected chi connectivity index (χ0v) is 11.0. The van der Waals surface area contributed by atoms with Crippen molar-refractivity contribution >= 4 is 5.78 Å². The second-order valence-electron chi connectivity index (χ2n) is 7.35. The highest BCUT2D eigenvalue weighted by molar-refractivity contribution is 5.84. The summed E-state index contributed by atoms with van der Waals surface area (Å²) in [5.41, 5.74) is 0.835. The molecule has 1 nitrogen and oxygen atoms in total. The van der Waals surface area contributed by atoms with E-state index in [9.17, 15) is 4.79 Å². The van der Waals surface area contributed by atoms with E-state index in [-0.39, 0.29) is 5.41 Å². The van der Waals surface area contributed by atoms with E-state index in [4.69, 9.17) is 0 Å². The first kappa shape index (κ1) is 11.2. The van der Waals surface area contributed by atoms with E-state index in [1.807, 2.05) is 0 Å². The first-order chi connectivity index (χ1) is 6.62. The highest BCUT2D eigenvalue weighted by atomic mass is 16.1. The molecule has 2 fully saturated rings. The maximum Gasteiger partial charge on any atom is 0.136 e. The van der Waals surface area contributed by atoms with Gasteiger partial charge in [-0.3, -0.25) is 4.79 Å². The lowest BCUT2D eigenvalue weighted by atomic mass is 9.33. The van der Waals surface area contributed by atoms with Gasteiger partial charge in [0.25, 0.3) is 0 Å². The number of rotatable bonds is 0. The summed E-state index contributed by atoms with van der Waals surface area (Å²) in [6, 6.07) is 0. The van der Waals surface area contributed by atoms with Crippen molar-refractivity contribution in [3.63, 3.8) is 0 Å². The minimum atomic E-state index is 0.187. The lowest BCUT2D eigenvalue weighted by Gasteiger charge is -2.70. The highest BCUT2D eigenvalue weighted by Crippen LogP contribution is 2.71. The first-order valence-electron chi connectivity index (χ1n) is 6.15. The van der Waals surface area contributed by atoms with Gasteiger partial charge in [-0.05, 0) is 28.6 Å². The maximum absolute atomic E-state index is 12.0. The molecule has 0 aromatic carbocycles. The topological polar surface area (TPSA) is 17.1 Å². The lowest BCUT2D eigenvalue weighted by Crippen LogP contribution is -2.68. The molecule has 2 saturated carbocycles. The van der Waals surface area contributed by atoms with E-state index in [2.05, 4.69) is 41.5 Å². The zero-order chi connectivity index (χ0) is 11.6. The Balaban J connectivity index is 2.42. The van der Waals surface area contributed by atoms with E-state index in [0.29, 0.717) is 28.4 Å². The van der Waals surface area contributed by atoms with Crippen LogP contribution < -0.4 is 0 Å². The molecule has 2 aliphatic carbocycles. The van der Waals surface area contributed by atoms with Crippen LogP contribution in [0.4, 0.5) is 0 Å². The Labute approximate surface area is 93.6 Å². The summed E-state index contributed by atoms with van der Waals surface area (Å²) in [6.45, 7) is 13.9. The molecule has 0 amide bonds. The smallest absolute Gasteiger partial charge is 0.136 e. The molecule has 0 heterocycles. The SMILES string of the molecule is CC1(C)CCC(=O)C2C1C(C)(C)C2(C)C. The monoisotopic (exact) mass is 208 g/mol. The van der Waals surface area contributed by atoms with Crippen molar-refractivity contribution in [2.24, 2.45) is 28.1 Å². The Morgan fingerprint density at radius 3 is 2.00 bits per heavy atom. The van der Waals surface area contributed by atoms with Crippen LogP contribution in [0.2, 0.25) is 0 Å². The number of hydrogen-bond donors (Lipinski definition) is 0. The molecule has 2 rings (SSSR count). The van der Waals surface area contributed by atoms with Crippen molar-refractivity contribution in [1.29, 1.82) is 0 Å². The van der Waals surface area contributed by atoms with Crippen molar-refractivity contribution in [2.45, 2.75) is 54.4 Å². The minimum absolute atomic E-state index is 0.187. The molecule has 0 aromatic rings. The number of fused-ring (bicyclic) bond motifs is 1. The van der Waals surface area contributed by atoms with E-state index in [1.165, 1.54) is 0 Å². The fourth-order valence-corrected chi connectivity index (χ4v) is 4.31. The maximum atomic E-state index is 12.0. The number of Topliss-reactive ketones (excluding diaryl/α,β-unsaturated/α-hetero) is 1. The molecule has 0 radical (unpaired) electrons.